The zero-order chi connectivity index (χ0) is 28.3. The average Bonchev–Trinajstić information content (AvgIpc) is 3.77. The molecule has 0 unspecified atom stereocenters. The van der Waals surface area contributed by atoms with Crippen LogP contribution in [0.3, 0.4) is 0 Å². The molecule has 1 N–H and O–H groups in total. The van der Waals surface area contributed by atoms with Crippen LogP contribution in [0.2, 0.25) is 0 Å². The highest BCUT2D eigenvalue weighted by atomic mass is 16.7. The summed E-state index contributed by atoms with van der Waals surface area (Å²) < 4.78 is 22.5. The van der Waals surface area contributed by atoms with E-state index in [-0.39, 0.29) is 43.6 Å². The molecule has 12 nitrogen and oxygen atoms in total. The smallest absolute Gasteiger partial charge is 0.250 e. The van der Waals surface area contributed by atoms with Gasteiger partial charge in [0.2, 0.25) is 18.5 Å². The van der Waals surface area contributed by atoms with Gasteiger partial charge in [-0.25, -0.2) is 0 Å². The predicted molar refractivity (Wildman–Crippen MR) is 145 cm³/mol. The summed E-state index contributed by atoms with van der Waals surface area (Å²) in [4.78, 5) is 30.6. The number of ether oxygens (including phenoxy) is 2. The molecule has 2 aliphatic rings. The second kappa shape index (κ2) is 11.5. The first-order valence-electron chi connectivity index (χ1n) is 13.8. The molecule has 1 fully saturated rings. The van der Waals surface area contributed by atoms with Crippen LogP contribution in [0.15, 0.2) is 51.3 Å². The van der Waals surface area contributed by atoms with E-state index >= 15 is 0 Å². The molecule has 1 aliphatic heterocycles. The number of rotatable bonds is 9. The Labute approximate surface area is 236 Å². The van der Waals surface area contributed by atoms with E-state index in [4.69, 9.17) is 18.3 Å². The molecule has 1 aromatic carbocycles. The number of hydrogen-bond acceptors (Lipinski definition) is 9. The first-order valence-corrected chi connectivity index (χ1v) is 13.8. The van der Waals surface area contributed by atoms with Crippen molar-refractivity contribution in [2.75, 3.05) is 6.79 Å². The molecule has 6 rings (SSSR count). The Morgan fingerprint density at radius 1 is 1.00 bits per heavy atom. The number of hydrogen-bond donors (Lipinski definition) is 1. The molecule has 0 spiro atoms. The minimum atomic E-state index is -1.01. The van der Waals surface area contributed by atoms with Crippen molar-refractivity contribution in [3.8, 4) is 23.1 Å². The van der Waals surface area contributed by atoms with E-state index in [0.717, 1.165) is 37.7 Å². The zero-order valence-corrected chi connectivity index (χ0v) is 23.0. The summed E-state index contributed by atoms with van der Waals surface area (Å²) in [5, 5.41) is 15.6. The first kappa shape index (κ1) is 26.6. The van der Waals surface area contributed by atoms with E-state index in [1.807, 2.05) is 19.1 Å². The molecule has 4 heterocycles. The molecular formula is C29H32N6O6. The fraction of sp³-hybridized carbons (Fsp3) is 0.414. The van der Waals surface area contributed by atoms with Crippen LogP contribution in [0.25, 0.3) is 11.6 Å². The molecule has 3 aromatic heterocycles. The fourth-order valence-corrected chi connectivity index (χ4v) is 5.29. The first-order chi connectivity index (χ1) is 19.9. The highest BCUT2D eigenvalue weighted by molar-refractivity contribution is 5.88. The van der Waals surface area contributed by atoms with Crippen LogP contribution in [0, 0.1) is 13.8 Å². The summed E-state index contributed by atoms with van der Waals surface area (Å²) in [5.41, 5.74) is 0.764. The van der Waals surface area contributed by atoms with Crippen LogP contribution in [-0.2, 0) is 22.7 Å². The molecule has 1 aliphatic carbocycles. The van der Waals surface area contributed by atoms with Crippen LogP contribution in [0.5, 0.6) is 11.5 Å². The molecule has 12 heteroatoms. The molecule has 4 aromatic rings. The van der Waals surface area contributed by atoms with Gasteiger partial charge in [0.15, 0.2) is 23.3 Å². The van der Waals surface area contributed by atoms with Crippen LogP contribution in [-0.4, -0.2) is 49.8 Å². The highest BCUT2D eigenvalue weighted by Crippen LogP contribution is 2.34. The minimum absolute atomic E-state index is 0.0496. The van der Waals surface area contributed by atoms with E-state index < -0.39 is 6.04 Å². The molecule has 214 valence electrons. The van der Waals surface area contributed by atoms with Crippen molar-refractivity contribution in [3.05, 3.63) is 65.3 Å². The summed E-state index contributed by atoms with van der Waals surface area (Å²) >= 11 is 0. The summed E-state index contributed by atoms with van der Waals surface area (Å²) in [7, 11) is 0. The van der Waals surface area contributed by atoms with Gasteiger partial charge in [0.25, 0.3) is 5.91 Å². The van der Waals surface area contributed by atoms with Gasteiger partial charge in [0.05, 0.1) is 0 Å². The van der Waals surface area contributed by atoms with Crippen LogP contribution >= 0.6 is 0 Å². The van der Waals surface area contributed by atoms with Crippen molar-refractivity contribution in [1.29, 1.82) is 0 Å². The number of carbonyl (C=O) groups is 2. The van der Waals surface area contributed by atoms with E-state index in [1.54, 1.807) is 37.3 Å². The maximum absolute atomic E-state index is 14.0. The lowest BCUT2D eigenvalue weighted by Crippen LogP contribution is -2.47. The number of fused-ring (bicyclic) bond motifs is 1. The lowest BCUT2D eigenvalue weighted by atomic mass is 9.95. The maximum atomic E-state index is 14.0. The third kappa shape index (κ3) is 5.96. The number of aromatic nitrogens is 4. The Balaban J connectivity index is 1.32. The van der Waals surface area contributed by atoms with E-state index in [1.165, 1.54) is 9.70 Å². The van der Waals surface area contributed by atoms with Gasteiger partial charge in [-0.05, 0) is 73.9 Å². The number of amides is 2. The minimum Gasteiger partial charge on any atom is -0.464 e. The van der Waals surface area contributed by atoms with Crippen molar-refractivity contribution >= 4 is 11.8 Å². The summed E-state index contributed by atoms with van der Waals surface area (Å²) in [6.07, 6.45) is 5.09. The van der Waals surface area contributed by atoms with Crippen LogP contribution in [0.1, 0.15) is 61.0 Å². The standard InChI is InChI=1S/C29H32N6O6/c1-18-8-11-23(40-18)27(29(37)30-21-6-4-3-5-7-21)34(15-20-10-13-22-25(14-20)39-17-38-22)26(36)16-35-32-28(31-33-35)24-12-9-19(2)41-24/h8-14,21,27H,3-7,15-17H2,1-2H3,(H,30,37)/t27-/m0/s1. The second-order valence-corrected chi connectivity index (χ2v) is 10.5. The lowest BCUT2D eigenvalue weighted by Gasteiger charge is -2.32. The topological polar surface area (TPSA) is 138 Å². The van der Waals surface area contributed by atoms with Crippen molar-refractivity contribution in [3.63, 3.8) is 0 Å². The zero-order valence-electron chi connectivity index (χ0n) is 23.0. The van der Waals surface area contributed by atoms with Crippen LogP contribution < -0.4 is 14.8 Å². The number of aryl methyl sites for hydroxylation is 2. The number of tetrazole rings is 1. The van der Waals surface area contributed by atoms with Gasteiger partial charge in [-0.2, -0.15) is 4.80 Å². The average molecular weight is 561 g/mol. The fourth-order valence-electron chi connectivity index (χ4n) is 5.29. The molecular weight excluding hydrogens is 528 g/mol. The molecule has 0 radical (unpaired) electrons. The van der Waals surface area contributed by atoms with Crippen molar-refractivity contribution < 1.29 is 27.9 Å². The number of benzene rings is 1. The van der Waals surface area contributed by atoms with E-state index in [0.29, 0.717) is 34.5 Å². The molecule has 41 heavy (non-hydrogen) atoms. The number of nitrogens with zero attached hydrogens (tertiary/aromatic N) is 5. The number of furan rings is 2. The predicted octanol–water partition coefficient (Wildman–Crippen LogP) is 4.09. The lowest BCUT2D eigenvalue weighted by molar-refractivity contribution is -0.143. The molecule has 0 saturated heterocycles. The molecule has 1 saturated carbocycles. The monoisotopic (exact) mass is 560 g/mol. The molecule has 0 bridgehead atoms. The van der Waals surface area contributed by atoms with Crippen molar-refractivity contribution in [2.45, 2.75) is 71.1 Å². The highest BCUT2D eigenvalue weighted by Gasteiger charge is 2.36. The second-order valence-electron chi connectivity index (χ2n) is 10.5. The Hall–Kier alpha value is -4.61. The van der Waals surface area contributed by atoms with Gasteiger partial charge in [-0.3, -0.25) is 9.59 Å². The number of carbonyl (C=O) groups excluding carboxylic acids is 2. The third-order valence-electron chi connectivity index (χ3n) is 7.34. The van der Waals surface area contributed by atoms with Gasteiger partial charge < -0.3 is 28.5 Å². The largest absolute Gasteiger partial charge is 0.464 e. The van der Waals surface area contributed by atoms with Crippen molar-refractivity contribution in [1.82, 2.24) is 30.4 Å². The Kier molecular flexibility index (Phi) is 7.45. The van der Waals surface area contributed by atoms with Crippen molar-refractivity contribution in [2.24, 2.45) is 0 Å². The molecule has 2 amide bonds. The van der Waals surface area contributed by atoms with E-state index in [2.05, 4.69) is 20.7 Å². The quantitative estimate of drug-likeness (QED) is 0.321. The van der Waals surface area contributed by atoms with Gasteiger partial charge in [-0.1, -0.05) is 25.3 Å². The third-order valence-corrected chi connectivity index (χ3v) is 7.34. The maximum Gasteiger partial charge on any atom is 0.250 e. The van der Waals surface area contributed by atoms with Gasteiger partial charge >= 0.3 is 0 Å². The van der Waals surface area contributed by atoms with Crippen LogP contribution in [0.4, 0.5) is 0 Å². The summed E-state index contributed by atoms with van der Waals surface area (Å²) in [6.45, 7) is 3.62. The molecule has 1 atom stereocenters. The Bertz CT molecular complexity index is 1530. The summed E-state index contributed by atoms with van der Waals surface area (Å²) in [6, 6.07) is 11.6. The number of nitrogens with one attached hydrogen (secondary N) is 1. The normalized spacial score (nSPS) is 15.6. The Morgan fingerprint density at radius 3 is 2.54 bits per heavy atom. The van der Waals surface area contributed by atoms with Gasteiger partial charge in [0.1, 0.15) is 23.8 Å². The summed E-state index contributed by atoms with van der Waals surface area (Å²) in [5.74, 6) is 2.98. The Morgan fingerprint density at radius 2 is 1.78 bits per heavy atom. The van der Waals surface area contributed by atoms with Gasteiger partial charge in [-0.15, -0.1) is 10.2 Å². The van der Waals surface area contributed by atoms with E-state index in [9.17, 15) is 9.59 Å². The SMILES string of the molecule is Cc1ccc(-c2nnn(CC(=O)N(Cc3ccc4c(c3)OCO4)[C@H](C(=O)NC3CCCCC3)c3ccc(C)o3)n2)o1. The van der Waals surface area contributed by atoms with Gasteiger partial charge in [0, 0.05) is 12.6 Å².